The predicted octanol–water partition coefficient (Wildman–Crippen LogP) is 2.72. The van der Waals surface area contributed by atoms with E-state index in [1.54, 1.807) is 6.07 Å². The minimum atomic E-state index is 0.177. The third kappa shape index (κ3) is 3.47. The lowest BCUT2D eigenvalue weighted by Crippen LogP contribution is -2.13. The van der Waals surface area contributed by atoms with Crippen molar-refractivity contribution in [1.82, 2.24) is 15.0 Å². The first-order valence-corrected chi connectivity index (χ1v) is 6.87. The molecular weight excluding hydrogens is 348 g/mol. The van der Waals surface area contributed by atoms with Gasteiger partial charge in [-0.15, -0.1) is 0 Å². The van der Waals surface area contributed by atoms with E-state index < -0.39 is 0 Å². The van der Waals surface area contributed by atoms with Crippen LogP contribution in [0.3, 0.4) is 0 Å². The Kier molecular flexibility index (Phi) is 4.94. The van der Waals surface area contributed by atoms with Gasteiger partial charge in [0.05, 0.1) is 21.8 Å². The summed E-state index contributed by atoms with van der Waals surface area (Å²) in [5, 5.41) is 3.59. The van der Waals surface area contributed by atoms with Crippen molar-refractivity contribution in [3.05, 3.63) is 27.7 Å². The molecule has 2 aromatic rings. The number of nitrogen functional groups attached to an aromatic ring is 1. The topological polar surface area (TPSA) is 98.0 Å². The highest BCUT2D eigenvalue weighted by Gasteiger charge is 2.09. The molecule has 0 aliphatic heterocycles. The first-order valence-electron chi connectivity index (χ1n) is 5.70. The Morgan fingerprint density at radius 3 is 2.75 bits per heavy atom. The number of halogens is 2. The van der Waals surface area contributed by atoms with Crippen LogP contribution in [0.15, 0.2) is 22.7 Å². The number of ether oxygens (including phenoxy) is 1. The second kappa shape index (κ2) is 6.69. The normalized spacial score (nSPS) is 10.2. The fourth-order valence-corrected chi connectivity index (χ4v) is 1.93. The number of aromatic nitrogens is 3. The number of hydrazine groups is 1. The molecule has 0 saturated heterocycles. The lowest BCUT2D eigenvalue weighted by molar-refractivity contribution is 0.312. The molecule has 0 unspecified atom stereocenters. The summed E-state index contributed by atoms with van der Waals surface area (Å²) in [6.07, 6.45) is 0. The molecule has 0 spiro atoms. The van der Waals surface area contributed by atoms with Gasteiger partial charge in [0.25, 0.3) is 0 Å². The lowest BCUT2D eigenvalue weighted by Gasteiger charge is -2.10. The van der Waals surface area contributed by atoms with E-state index in [0.717, 1.165) is 0 Å². The molecule has 1 heterocycles. The minimum Gasteiger partial charge on any atom is -0.464 e. The Morgan fingerprint density at radius 2 is 2.05 bits per heavy atom. The van der Waals surface area contributed by atoms with Gasteiger partial charge in [0, 0.05) is 0 Å². The van der Waals surface area contributed by atoms with Crippen LogP contribution in [0.5, 0.6) is 6.01 Å². The summed E-state index contributed by atoms with van der Waals surface area (Å²) >= 11 is 9.41. The van der Waals surface area contributed by atoms with Gasteiger partial charge in [-0.25, -0.2) is 5.84 Å². The molecule has 0 bridgehead atoms. The van der Waals surface area contributed by atoms with Crippen LogP contribution in [0.1, 0.15) is 6.92 Å². The largest absolute Gasteiger partial charge is 0.464 e. The molecule has 0 aliphatic rings. The van der Waals surface area contributed by atoms with Crippen molar-refractivity contribution in [2.24, 2.45) is 5.84 Å². The molecule has 0 radical (unpaired) electrons. The highest BCUT2D eigenvalue weighted by molar-refractivity contribution is 9.10. The summed E-state index contributed by atoms with van der Waals surface area (Å²) < 4.78 is 5.96. The zero-order chi connectivity index (χ0) is 14.5. The molecule has 106 valence electrons. The monoisotopic (exact) mass is 358 g/mol. The van der Waals surface area contributed by atoms with Gasteiger partial charge < -0.3 is 10.1 Å². The molecule has 20 heavy (non-hydrogen) atoms. The van der Waals surface area contributed by atoms with Crippen LogP contribution >= 0.6 is 27.5 Å². The zero-order valence-corrected chi connectivity index (χ0v) is 12.9. The molecule has 0 amide bonds. The highest BCUT2D eigenvalue weighted by atomic mass is 79.9. The second-order valence-electron chi connectivity index (χ2n) is 3.57. The number of nitrogens with two attached hydrogens (primary N) is 1. The van der Waals surface area contributed by atoms with Crippen LogP contribution in [-0.2, 0) is 0 Å². The van der Waals surface area contributed by atoms with Gasteiger partial charge in [0.1, 0.15) is 0 Å². The van der Waals surface area contributed by atoms with E-state index in [-0.39, 0.29) is 12.0 Å². The third-order valence-electron chi connectivity index (χ3n) is 2.22. The summed E-state index contributed by atoms with van der Waals surface area (Å²) in [7, 11) is 0. The SMILES string of the molecule is CCOc1nc(NN)nc(Nc2cccc(Cl)c2Br)n1. The van der Waals surface area contributed by atoms with E-state index in [9.17, 15) is 0 Å². The highest BCUT2D eigenvalue weighted by Crippen LogP contribution is 2.31. The fraction of sp³-hybridized carbons (Fsp3) is 0.182. The van der Waals surface area contributed by atoms with Crippen LogP contribution in [0.4, 0.5) is 17.6 Å². The van der Waals surface area contributed by atoms with Crippen molar-refractivity contribution >= 4 is 45.1 Å². The van der Waals surface area contributed by atoms with Crippen molar-refractivity contribution < 1.29 is 4.74 Å². The minimum absolute atomic E-state index is 0.177. The third-order valence-corrected chi connectivity index (χ3v) is 3.61. The van der Waals surface area contributed by atoms with E-state index in [0.29, 0.717) is 27.7 Å². The molecule has 0 saturated carbocycles. The van der Waals surface area contributed by atoms with Gasteiger partial charge in [0.2, 0.25) is 11.9 Å². The maximum atomic E-state index is 6.02. The average Bonchev–Trinajstić information content (AvgIpc) is 2.44. The molecule has 4 N–H and O–H groups in total. The van der Waals surface area contributed by atoms with Crippen molar-refractivity contribution in [2.45, 2.75) is 6.92 Å². The molecule has 1 aromatic carbocycles. The Hall–Kier alpha value is -1.64. The quantitative estimate of drug-likeness (QED) is 0.557. The summed E-state index contributed by atoms with van der Waals surface area (Å²) in [6, 6.07) is 5.58. The molecule has 0 aliphatic carbocycles. The number of hydrogen-bond acceptors (Lipinski definition) is 7. The number of nitrogens with zero attached hydrogens (tertiary/aromatic N) is 3. The van der Waals surface area contributed by atoms with Crippen molar-refractivity contribution in [3.63, 3.8) is 0 Å². The van der Waals surface area contributed by atoms with Crippen LogP contribution in [0.2, 0.25) is 5.02 Å². The molecular formula is C11H12BrClN6O. The summed E-state index contributed by atoms with van der Waals surface area (Å²) in [4.78, 5) is 12.2. The second-order valence-corrected chi connectivity index (χ2v) is 4.77. The van der Waals surface area contributed by atoms with Gasteiger partial charge >= 0.3 is 6.01 Å². The molecule has 9 heteroatoms. The smallest absolute Gasteiger partial charge is 0.323 e. The van der Waals surface area contributed by atoms with Crippen LogP contribution in [0.25, 0.3) is 0 Å². The average molecular weight is 360 g/mol. The summed E-state index contributed by atoms with van der Waals surface area (Å²) in [5.41, 5.74) is 3.07. The van der Waals surface area contributed by atoms with E-state index in [1.807, 2.05) is 19.1 Å². The van der Waals surface area contributed by atoms with Crippen molar-refractivity contribution in [3.8, 4) is 6.01 Å². The molecule has 7 nitrogen and oxygen atoms in total. The standard InChI is InChI=1S/C11H12BrClN6O/c1-2-20-11-17-9(16-10(18-11)19-14)15-7-5-3-4-6(13)8(7)12/h3-5H,2,14H2,1H3,(H2,15,16,17,18,19). The lowest BCUT2D eigenvalue weighted by atomic mass is 10.3. The number of hydrogen-bond donors (Lipinski definition) is 3. The van der Waals surface area contributed by atoms with Crippen LogP contribution in [0, 0.1) is 0 Å². The molecule has 2 rings (SSSR count). The van der Waals surface area contributed by atoms with Crippen molar-refractivity contribution in [1.29, 1.82) is 0 Å². The van der Waals surface area contributed by atoms with Gasteiger partial charge in [-0.3, -0.25) is 5.43 Å². The summed E-state index contributed by atoms with van der Waals surface area (Å²) in [5.74, 6) is 5.80. The van der Waals surface area contributed by atoms with E-state index >= 15 is 0 Å². The molecule has 0 fully saturated rings. The number of anilines is 3. The Labute approximate surface area is 129 Å². The van der Waals surface area contributed by atoms with E-state index in [1.165, 1.54) is 0 Å². The maximum Gasteiger partial charge on any atom is 0.323 e. The number of benzene rings is 1. The molecule has 0 atom stereocenters. The van der Waals surface area contributed by atoms with Gasteiger partial charge in [-0.2, -0.15) is 15.0 Å². The first-order chi connectivity index (χ1) is 9.63. The predicted molar refractivity (Wildman–Crippen MR) is 81.2 cm³/mol. The zero-order valence-electron chi connectivity index (χ0n) is 10.5. The van der Waals surface area contributed by atoms with Gasteiger partial charge in [-0.1, -0.05) is 17.7 Å². The number of nitrogens with one attached hydrogen (secondary N) is 2. The Bertz CT molecular complexity index is 611. The summed E-state index contributed by atoms with van der Waals surface area (Å²) in [6.45, 7) is 2.27. The van der Waals surface area contributed by atoms with Gasteiger partial charge in [-0.05, 0) is 35.0 Å². The number of rotatable bonds is 5. The van der Waals surface area contributed by atoms with E-state index in [4.69, 9.17) is 22.2 Å². The van der Waals surface area contributed by atoms with Crippen LogP contribution in [-0.4, -0.2) is 21.6 Å². The van der Waals surface area contributed by atoms with Crippen LogP contribution < -0.4 is 21.3 Å². The van der Waals surface area contributed by atoms with Crippen molar-refractivity contribution in [2.75, 3.05) is 17.3 Å². The van der Waals surface area contributed by atoms with E-state index in [2.05, 4.69) is 41.6 Å². The molecule has 1 aromatic heterocycles. The first kappa shape index (κ1) is 14.8. The Balaban J connectivity index is 2.32. The van der Waals surface area contributed by atoms with Gasteiger partial charge in [0.15, 0.2) is 0 Å². The maximum absolute atomic E-state index is 6.02. The fourth-order valence-electron chi connectivity index (χ4n) is 1.39. The Morgan fingerprint density at radius 1 is 1.30 bits per heavy atom.